The smallest absolute Gasteiger partial charge is 0.0700 e. The summed E-state index contributed by atoms with van der Waals surface area (Å²) < 4.78 is 0. The Morgan fingerprint density at radius 2 is 2.00 bits per heavy atom. The van der Waals surface area contributed by atoms with Gasteiger partial charge in [-0.2, -0.15) is 5.26 Å². The third-order valence-electron chi connectivity index (χ3n) is 1.80. The summed E-state index contributed by atoms with van der Waals surface area (Å²) in [6, 6.07) is 2.48. The molecule has 0 amide bonds. The summed E-state index contributed by atoms with van der Waals surface area (Å²) in [6.45, 7) is 5.85. The van der Waals surface area contributed by atoms with Crippen LogP contribution in [0.15, 0.2) is 0 Å². The zero-order valence-corrected chi connectivity index (χ0v) is 6.52. The largest absolute Gasteiger partial charge is 0.316 e. The van der Waals surface area contributed by atoms with E-state index in [1.54, 1.807) is 0 Å². The molecule has 0 bridgehead atoms. The van der Waals surface area contributed by atoms with Gasteiger partial charge in [0.2, 0.25) is 0 Å². The van der Waals surface area contributed by atoms with Gasteiger partial charge in [0.25, 0.3) is 0 Å². The molecule has 0 rings (SSSR count). The SMILES string of the molecule is CNC(C)C(C)(C)C#N. The van der Waals surface area contributed by atoms with Crippen LogP contribution < -0.4 is 5.32 Å². The highest BCUT2D eigenvalue weighted by Crippen LogP contribution is 2.17. The molecule has 0 heterocycles. The van der Waals surface area contributed by atoms with E-state index in [0.29, 0.717) is 0 Å². The molecule has 0 spiro atoms. The Balaban J connectivity index is 4.01. The first kappa shape index (κ1) is 8.45. The Kier molecular flexibility index (Phi) is 2.66. The van der Waals surface area contributed by atoms with Crippen molar-refractivity contribution in [3.8, 4) is 6.07 Å². The highest BCUT2D eigenvalue weighted by molar-refractivity contribution is 4.98. The lowest BCUT2D eigenvalue weighted by atomic mass is 9.87. The Bertz CT molecular complexity index is 121. The molecule has 0 aliphatic rings. The predicted octanol–water partition coefficient (Wildman–Crippen LogP) is 1.14. The zero-order valence-electron chi connectivity index (χ0n) is 6.52. The van der Waals surface area contributed by atoms with E-state index in [0.717, 1.165) is 0 Å². The van der Waals surface area contributed by atoms with Crippen molar-refractivity contribution in [3.63, 3.8) is 0 Å². The van der Waals surface area contributed by atoms with Crippen molar-refractivity contribution in [2.75, 3.05) is 7.05 Å². The standard InChI is InChI=1S/C7H14N2/c1-6(9-4)7(2,3)5-8/h6,9H,1-4H3. The molecule has 0 saturated carbocycles. The van der Waals surface area contributed by atoms with Crippen LogP contribution in [0.25, 0.3) is 0 Å². The normalized spacial score (nSPS) is 14.6. The number of nitriles is 1. The first-order chi connectivity index (χ1) is 4.04. The predicted molar refractivity (Wildman–Crippen MR) is 37.9 cm³/mol. The van der Waals surface area contributed by atoms with Gasteiger partial charge in [-0.25, -0.2) is 0 Å². The van der Waals surface area contributed by atoms with E-state index in [2.05, 4.69) is 11.4 Å². The minimum Gasteiger partial charge on any atom is -0.316 e. The quantitative estimate of drug-likeness (QED) is 0.602. The summed E-state index contributed by atoms with van der Waals surface area (Å²) in [4.78, 5) is 0. The third kappa shape index (κ3) is 2.03. The second-order valence-corrected chi connectivity index (χ2v) is 2.84. The van der Waals surface area contributed by atoms with E-state index in [-0.39, 0.29) is 11.5 Å². The summed E-state index contributed by atoms with van der Waals surface area (Å²) in [5.74, 6) is 0. The molecule has 2 heteroatoms. The van der Waals surface area contributed by atoms with Crippen LogP contribution >= 0.6 is 0 Å². The van der Waals surface area contributed by atoms with Gasteiger partial charge >= 0.3 is 0 Å². The lowest BCUT2D eigenvalue weighted by Crippen LogP contribution is -2.35. The molecule has 1 atom stereocenters. The molecular formula is C7H14N2. The number of hydrogen-bond donors (Lipinski definition) is 1. The minimum atomic E-state index is -0.255. The molecule has 1 N–H and O–H groups in total. The molecule has 1 unspecified atom stereocenters. The number of nitrogens with one attached hydrogen (secondary N) is 1. The molecule has 0 fully saturated rings. The van der Waals surface area contributed by atoms with Gasteiger partial charge in [-0.15, -0.1) is 0 Å². The van der Waals surface area contributed by atoms with Crippen LogP contribution in [0.4, 0.5) is 0 Å². The van der Waals surface area contributed by atoms with E-state index in [4.69, 9.17) is 5.26 Å². The van der Waals surface area contributed by atoms with Gasteiger partial charge in [0, 0.05) is 6.04 Å². The van der Waals surface area contributed by atoms with E-state index in [1.807, 2.05) is 27.8 Å². The van der Waals surface area contributed by atoms with Gasteiger partial charge < -0.3 is 5.32 Å². The van der Waals surface area contributed by atoms with E-state index < -0.39 is 0 Å². The van der Waals surface area contributed by atoms with Crippen LogP contribution in [0.2, 0.25) is 0 Å². The average molecular weight is 126 g/mol. The lowest BCUT2D eigenvalue weighted by molar-refractivity contribution is 0.359. The second-order valence-electron chi connectivity index (χ2n) is 2.84. The van der Waals surface area contributed by atoms with Gasteiger partial charge in [0.15, 0.2) is 0 Å². The highest BCUT2D eigenvalue weighted by atomic mass is 14.9. The van der Waals surface area contributed by atoms with E-state index >= 15 is 0 Å². The summed E-state index contributed by atoms with van der Waals surface area (Å²) >= 11 is 0. The molecule has 0 saturated heterocycles. The maximum absolute atomic E-state index is 8.61. The average Bonchev–Trinajstić information content (AvgIpc) is 1.86. The van der Waals surface area contributed by atoms with Crippen molar-refractivity contribution in [1.82, 2.24) is 5.32 Å². The van der Waals surface area contributed by atoms with Crippen molar-refractivity contribution < 1.29 is 0 Å². The Morgan fingerprint density at radius 1 is 1.56 bits per heavy atom. The second kappa shape index (κ2) is 2.84. The molecule has 52 valence electrons. The Morgan fingerprint density at radius 3 is 2.11 bits per heavy atom. The first-order valence-electron chi connectivity index (χ1n) is 3.13. The summed E-state index contributed by atoms with van der Waals surface area (Å²) in [6.07, 6.45) is 0. The van der Waals surface area contributed by atoms with E-state index in [9.17, 15) is 0 Å². The monoisotopic (exact) mass is 126 g/mol. The van der Waals surface area contributed by atoms with Crippen LogP contribution in [0, 0.1) is 16.7 Å². The van der Waals surface area contributed by atoms with Crippen LogP contribution in [0.5, 0.6) is 0 Å². The van der Waals surface area contributed by atoms with Crippen LogP contribution in [0.3, 0.4) is 0 Å². The van der Waals surface area contributed by atoms with Crippen molar-refractivity contribution in [3.05, 3.63) is 0 Å². The maximum atomic E-state index is 8.61. The topological polar surface area (TPSA) is 35.8 Å². The molecule has 0 aliphatic carbocycles. The number of nitrogens with zero attached hydrogens (tertiary/aromatic N) is 1. The van der Waals surface area contributed by atoms with Gasteiger partial charge in [-0.1, -0.05) is 0 Å². The molecule has 0 aromatic heterocycles. The molecular weight excluding hydrogens is 112 g/mol. The first-order valence-corrected chi connectivity index (χ1v) is 3.13. The van der Waals surface area contributed by atoms with Crippen molar-refractivity contribution in [2.24, 2.45) is 5.41 Å². The van der Waals surface area contributed by atoms with Crippen LogP contribution in [-0.4, -0.2) is 13.1 Å². The maximum Gasteiger partial charge on any atom is 0.0700 e. The number of rotatable bonds is 2. The van der Waals surface area contributed by atoms with Crippen molar-refractivity contribution >= 4 is 0 Å². The molecule has 0 radical (unpaired) electrons. The van der Waals surface area contributed by atoms with Gasteiger partial charge in [0.05, 0.1) is 11.5 Å². The lowest BCUT2D eigenvalue weighted by Gasteiger charge is -2.22. The fraction of sp³-hybridized carbons (Fsp3) is 0.857. The summed E-state index contributed by atoms with van der Waals surface area (Å²) in [7, 11) is 1.86. The third-order valence-corrected chi connectivity index (χ3v) is 1.80. The molecule has 9 heavy (non-hydrogen) atoms. The number of hydrogen-bond acceptors (Lipinski definition) is 2. The summed E-state index contributed by atoms with van der Waals surface area (Å²) in [5.41, 5.74) is -0.255. The Hall–Kier alpha value is -0.550. The van der Waals surface area contributed by atoms with E-state index in [1.165, 1.54) is 0 Å². The molecule has 0 aliphatic heterocycles. The zero-order chi connectivity index (χ0) is 7.49. The van der Waals surface area contributed by atoms with Crippen LogP contribution in [-0.2, 0) is 0 Å². The molecule has 0 aromatic rings. The van der Waals surface area contributed by atoms with Gasteiger partial charge in [0.1, 0.15) is 0 Å². The van der Waals surface area contributed by atoms with Crippen LogP contribution in [0.1, 0.15) is 20.8 Å². The fourth-order valence-electron chi connectivity index (χ4n) is 0.458. The molecule has 0 aromatic carbocycles. The highest BCUT2D eigenvalue weighted by Gasteiger charge is 2.23. The van der Waals surface area contributed by atoms with Gasteiger partial charge in [-0.3, -0.25) is 0 Å². The minimum absolute atomic E-state index is 0.252. The summed E-state index contributed by atoms with van der Waals surface area (Å²) in [5, 5.41) is 11.6. The fourth-order valence-corrected chi connectivity index (χ4v) is 0.458. The Labute approximate surface area is 56.9 Å². The molecule has 2 nitrogen and oxygen atoms in total. The van der Waals surface area contributed by atoms with Gasteiger partial charge in [-0.05, 0) is 27.8 Å². The van der Waals surface area contributed by atoms with Crippen molar-refractivity contribution in [1.29, 1.82) is 5.26 Å². The van der Waals surface area contributed by atoms with Crippen molar-refractivity contribution in [2.45, 2.75) is 26.8 Å².